The van der Waals surface area contributed by atoms with Gasteiger partial charge in [-0.25, -0.2) is 12.1 Å². The maximum atomic E-state index is 11.8. The number of pyridine rings is 1. The molecule has 0 N–H and O–H groups in total. The number of rotatable bonds is 2. The molecule has 1 aromatic heterocycles. The molecule has 2 aliphatic rings. The van der Waals surface area contributed by atoms with Crippen molar-refractivity contribution in [2.75, 3.05) is 0 Å². The second kappa shape index (κ2) is 6.67. The van der Waals surface area contributed by atoms with Crippen LogP contribution in [-0.4, -0.2) is 17.1 Å². The number of aromatic nitrogens is 1. The molecule has 104 valence electrons. The van der Waals surface area contributed by atoms with Gasteiger partial charge in [-0.2, -0.15) is 6.07 Å². The third kappa shape index (κ3) is 3.03. The Morgan fingerprint density at radius 3 is 3.05 bits per heavy atom. The minimum Gasteiger partial charge on any atom is -0.462 e. The van der Waals surface area contributed by atoms with Crippen LogP contribution in [0.25, 0.3) is 6.08 Å². The van der Waals surface area contributed by atoms with Gasteiger partial charge in [-0.1, -0.05) is 24.8 Å². The molecule has 0 spiro atoms. The van der Waals surface area contributed by atoms with Crippen molar-refractivity contribution in [3.8, 4) is 0 Å². The summed E-state index contributed by atoms with van der Waals surface area (Å²) in [7, 11) is 0. The van der Waals surface area contributed by atoms with E-state index >= 15 is 0 Å². The number of hydrogen-bond acceptors (Lipinski definition) is 3. The third-order valence-electron chi connectivity index (χ3n) is 4.31. The number of carbonyl (C=O) groups excluding carboxylic acids is 1. The molecule has 1 aromatic rings. The van der Waals surface area contributed by atoms with Gasteiger partial charge in [0.25, 0.3) is 0 Å². The molecule has 4 unspecified atom stereocenters. The second-order valence-electron chi connectivity index (χ2n) is 5.46. The summed E-state index contributed by atoms with van der Waals surface area (Å²) in [6.07, 6.45) is 9.20. The van der Waals surface area contributed by atoms with Gasteiger partial charge in [0.2, 0.25) is 0 Å². The van der Waals surface area contributed by atoms with E-state index < -0.39 is 0 Å². The Hall–Kier alpha value is -0.952. The number of allylic oxidation sites excluding steroid dienone is 1. The third-order valence-corrected chi connectivity index (χ3v) is 4.31. The molecule has 1 saturated carbocycles. The summed E-state index contributed by atoms with van der Waals surface area (Å²) in [6, 6.07) is 6.71. The van der Waals surface area contributed by atoms with E-state index in [1.165, 1.54) is 0 Å². The SMILES string of the molecule is CC1OC(=O)C2CCCC(/C=C/c3cc[c-]cn3)C12.[W+2]. The maximum absolute atomic E-state index is 11.8. The molecule has 0 radical (unpaired) electrons. The van der Waals surface area contributed by atoms with Gasteiger partial charge >= 0.3 is 27.0 Å². The van der Waals surface area contributed by atoms with Crippen molar-refractivity contribution in [2.24, 2.45) is 17.8 Å². The van der Waals surface area contributed by atoms with E-state index in [1.54, 1.807) is 6.20 Å². The quantitative estimate of drug-likeness (QED) is 0.525. The Bertz CT molecular complexity index is 489. The molecule has 20 heavy (non-hydrogen) atoms. The van der Waals surface area contributed by atoms with Crippen LogP contribution in [0, 0.1) is 23.8 Å². The van der Waals surface area contributed by atoms with E-state index in [2.05, 4.69) is 23.2 Å². The molecule has 0 aromatic carbocycles. The Morgan fingerprint density at radius 2 is 2.30 bits per heavy atom. The number of fused-ring (bicyclic) bond motifs is 1. The van der Waals surface area contributed by atoms with Crippen molar-refractivity contribution < 1.29 is 30.6 Å². The molecular weight excluding hydrogens is 422 g/mol. The number of cyclic esters (lactones) is 1. The number of nitrogens with zero attached hydrogens (tertiary/aromatic N) is 1. The normalized spacial score (nSPS) is 32.5. The van der Waals surface area contributed by atoms with Crippen LogP contribution in [0.3, 0.4) is 0 Å². The van der Waals surface area contributed by atoms with E-state index in [9.17, 15) is 4.79 Å². The van der Waals surface area contributed by atoms with Crippen LogP contribution in [0.15, 0.2) is 24.4 Å². The first-order chi connectivity index (χ1) is 9.25. The maximum Gasteiger partial charge on any atom is 2.00 e. The van der Waals surface area contributed by atoms with Crippen LogP contribution < -0.4 is 0 Å². The van der Waals surface area contributed by atoms with Gasteiger partial charge in [0.15, 0.2) is 0 Å². The van der Waals surface area contributed by atoms with Gasteiger partial charge < -0.3 is 4.74 Å². The van der Waals surface area contributed by atoms with Crippen molar-refractivity contribution in [3.05, 3.63) is 36.2 Å². The van der Waals surface area contributed by atoms with Crippen molar-refractivity contribution in [1.29, 1.82) is 0 Å². The molecular formula is C16H18NO2W+. The fraction of sp³-hybridized carbons (Fsp3) is 0.500. The largest absolute Gasteiger partial charge is 2.00 e. The van der Waals surface area contributed by atoms with Gasteiger partial charge in [-0.3, -0.25) is 9.78 Å². The van der Waals surface area contributed by atoms with Crippen molar-refractivity contribution in [3.63, 3.8) is 0 Å². The first kappa shape index (κ1) is 15.4. The van der Waals surface area contributed by atoms with Crippen LogP contribution in [0.2, 0.25) is 0 Å². The summed E-state index contributed by atoms with van der Waals surface area (Å²) in [4.78, 5) is 16.0. The minimum atomic E-state index is 0. The number of ether oxygens (including phenoxy) is 1. The first-order valence-corrected chi connectivity index (χ1v) is 6.96. The van der Waals surface area contributed by atoms with E-state index in [1.807, 2.05) is 19.1 Å². The Balaban J connectivity index is 0.00000147. The zero-order valence-electron chi connectivity index (χ0n) is 11.5. The fourth-order valence-corrected chi connectivity index (χ4v) is 3.43. The number of hydrogen-bond donors (Lipinski definition) is 0. The van der Waals surface area contributed by atoms with Crippen LogP contribution in [0.5, 0.6) is 0 Å². The zero-order valence-corrected chi connectivity index (χ0v) is 14.4. The summed E-state index contributed by atoms with van der Waals surface area (Å²) >= 11 is 0. The molecule has 1 saturated heterocycles. The van der Waals surface area contributed by atoms with Crippen molar-refractivity contribution >= 4 is 12.0 Å². The van der Waals surface area contributed by atoms with Crippen molar-refractivity contribution in [2.45, 2.75) is 32.3 Å². The standard InChI is InChI=1S/C16H18NO2.W/c1-11-15-12(5-4-7-14(15)16(18)19-11)8-9-13-6-2-3-10-17-13;/h2,6,8-12,14-15H,4-5,7H2,1H3;/q-1;+2/b9-8+;. The summed E-state index contributed by atoms with van der Waals surface area (Å²) in [5.74, 6) is 0.873. The van der Waals surface area contributed by atoms with E-state index in [0.717, 1.165) is 25.0 Å². The summed E-state index contributed by atoms with van der Waals surface area (Å²) in [5.41, 5.74) is 0.943. The summed E-state index contributed by atoms with van der Waals surface area (Å²) in [6.45, 7) is 2.02. The molecule has 4 heteroatoms. The Labute approximate surface area is 134 Å². The average Bonchev–Trinajstić information content (AvgIpc) is 2.74. The van der Waals surface area contributed by atoms with E-state index in [0.29, 0.717) is 11.8 Å². The van der Waals surface area contributed by atoms with E-state index in [4.69, 9.17) is 4.74 Å². The Morgan fingerprint density at radius 1 is 1.45 bits per heavy atom. The first-order valence-electron chi connectivity index (χ1n) is 6.96. The van der Waals surface area contributed by atoms with Gasteiger partial charge in [-0.05, 0) is 31.4 Å². The minimum absolute atomic E-state index is 0. The number of esters is 1. The monoisotopic (exact) mass is 440 g/mol. The Kier molecular flexibility index (Phi) is 5.15. The molecule has 3 nitrogen and oxygen atoms in total. The molecule has 4 atom stereocenters. The van der Waals surface area contributed by atoms with Gasteiger partial charge in [-0.15, -0.1) is 0 Å². The predicted molar refractivity (Wildman–Crippen MR) is 72.0 cm³/mol. The topological polar surface area (TPSA) is 39.2 Å². The van der Waals surface area contributed by atoms with Gasteiger partial charge in [0, 0.05) is 5.92 Å². The smallest absolute Gasteiger partial charge is 0.462 e. The van der Waals surface area contributed by atoms with Crippen LogP contribution in [0.4, 0.5) is 0 Å². The fourth-order valence-electron chi connectivity index (χ4n) is 3.43. The van der Waals surface area contributed by atoms with E-state index in [-0.39, 0.29) is 39.1 Å². The predicted octanol–water partition coefficient (Wildman–Crippen LogP) is 2.87. The second-order valence-corrected chi connectivity index (χ2v) is 5.46. The number of carbonyl (C=O) groups is 1. The van der Waals surface area contributed by atoms with Crippen LogP contribution in [0.1, 0.15) is 31.9 Å². The van der Waals surface area contributed by atoms with Crippen LogP contribution in [-0.2, 0) is 30.6 Å². The van der Waals surface area contributed by atoms with Crippen LogP contribution >= 0.6 is 0 Å². The molecule has 1 aliphatic carbocycles. The molecule has 0 bridgehead atoms. The molecule has 1 aliphatic heterocycles. The molecule has 2 fully saturated rings. The molecule has 0 amide bonds. The average molecular weight is 440 g/mol. The zero-order chi connectivity index (χ0) is 13.2. The molecule has 3 rings (SSSR count). The molecule has 2 heterocycles. The summed E-state index contributed by atoms with van der Waals surface area (Å²) in [5, 5.41) is 0. The summed E-state index contributed by atoms with van der Waals surface area (Å²) < 4.78 is 5.40. The van der Waals surface area contributed by atoms with Gasteiger partial charge in [0.1, 0.15) is 6.10 Å². The van der Waals surface area contributed by atoms with Gasteiger partial charge in [0.05, 0.1) is 5.92 Å². The van der Waals surface area contributed by atoms with Crippen molar-refractivity contribution in [1.82, 2.24) is 4.98 Å².